The largest absolute Gasteiger partial charge is 0.294 e. The minimum Gasteiger partial charge on any atom is -0.294 e. The van der Waals surface area contributed by atoms with Gasteiger partial charge in [-0.1, -0.05) is 12.1 Å². The van der Waals surface area contributed by atoms with Crippen LogP contribution in [0, 0.1) is 0 Å². The maximum absolute atomic E-state index is 11.9. The van der Waals surface area contributed by atoms with Crippen LogP contribution >= 0.6 is 0 Å². The van der Waals surface area contributed by atoms with Gasteiger partial charge in [0.25, 0.3) is 0 Å². The first kappa shape index (κ1) is 10.4. The zero-order valence-electron chi connectivity index (χ0n) is 9.41. The lowest BCUT2D eigenvalue weighted by Gasteiger charge is -2.22. The summed E-state index contributed by atoms with van der Waals surface area (Å²) in [6.45, 7) is 0. The molecular formula is C14H12O3. The minimum atomic E-state index is -0.554. The molecule has 2 aliphatic rings. The Balaban J connectivity index is 2.28. The fourth-order valence-electron chi connectivity index (χ4n) is 2.78. The van der Waals surface area contributed by atoms with E-state index in [2.05, 4.69) is 0 Å². The van der Waals surface area contributed by atoms with Crippen molar-refractivity contribution in [3.05, 3.63) is 34.4 Å². The molecule has 0 aliphatic heterocycles. The Morgan fingerprint density at radius 3 is 2.47 bits per heavy atom. The molecule has 0 unspecified atom stereocenters. The zero-order valence-corrected chi connectivity index (χ0v) is 9.41. The molecule has 1 aromatic rings. The summed E-state index contributed by atoms with van der Waals surface area (Å²) in [5.41, 5.74) is 2.93. The van der Waals surface area contributed by atoms with Crippen molar-refractivity contribution >= 4 is 17.3 Å². The first-order valence-corrected chi connectivity index (χ1v) is 5.94. The summed E-state index contributed by atoms with van der Waals surface area (Å²) in [6.07, 6.45) is 3.63. The third-order valence-electron chi connectivity index (χ3n) is 3.63. The molecular weight excluding hydrogens is 216 g/mol. The molecule has 3 nitrogen and oxygen atoms in total. The van der Waals surface area contributed by atoms with Gasteiger partial charge in [0, 0.05) is 11.1 Å². The molecule has 1 aromatic carbocycles. The third kappa shape index (κ3) is 1.46. The predicted molar refractivity (Wildman–Crippen MR) is 61.4 cm³/mol. The van der Waals surface area contributed by atoms with Crippen molar-refractivity contribution in [2.75, 3.05) is 0 Å². The van der Waals surface area contributed by atoms with Gasteiger partial charge in [-0.3, -0.25) is 14.4 Å². The molecule has 0 saturated carbocycles. The number of aryl methyl sites for hydroxylation is 1. The number of hydrogen-bond acceptors (Lipinski definition) is 3. The molecule has 0 N–H and O–H groups in total. The Morgan fingerprint density at radius 2 is 1.65 bits per heavy atom. The summed E-state index contributed by atoms with van der Waals surface area (Å²) in [7, 11) is 0. The van der Waals surface area contributed by atoms with Gasteiger partial charge < -0.3 is 0 Å². The van der Waals surface area contributed by atoms with E-state index in [-0.39, 0.29) is 12.2 Å². The predicted octanol–water partition coefficient (Wildman–Crippen LogP) is 1.90. The number of benzene rings is 1. The van der Waals surface area contributed by atoms with E-state index in [1.165, 1.54) is 0 Å². The average molecular weight is 228 g/mol. The summed E-state index contributed by atoms with van der Waals surface area (Å²) in [5, 5.41) is 0. The van der Waals surface area contributed by atoms with Gasteiger partial charge in [-0.2, -0.15) is 0 Å². The minimum absolute atomic E-state index is 0.210. The molecule has 3 heteroatoms. The molecule has 0 spiro atoms. The summed E-state index contributed by atoms with van der Waals surface area (Å²) < 4.78 is 0. The van der Waals surface area contributed by atoms with Crippen LogP contribution in [0.5, 0.6) is 0 Å². The number of Topliss-reactive ketones (excluding diaryl/α,β-unsaturated/α-hetero) is 3. The molecule has 0 saturated heterocycles. The van der Waals surface area contributed by atoms with Crippen molar-refractivity contribution in [2.45, 2.75) is 32.1 Å². The zero-order chi connectivity index (χ0) is 12.0. The van der Waals surface area contributed by atoms with E-state index >= 15 is 0 Å². The van der Waals surface area contributed by atoms with E-state index in [0.717, 1.165) is 36.8 Å². The number of carbonyl (C=O) groups is 3. The highest BCUT2D eigenvalue weighted by Gasteiger charge is 2.33. The fraction of sp³-hybridized carbons (Fsp3) is 0.357. The van der Waals surface area contributed by atoms with Crippen molar-refractivity contribution in [3.8, 4) is 0 Å². The van der Waals surface area contributed by atoms with Crippen LogP contribution in [0.3, 0.4) is 0 Å². The summed E-state index contributed by atoms with van der Waals surface area (Å²) >= 11 is 0. The number of fused-ring (bicyclic) bond motifs is 3. The number of carbonyl (C=O) groups excluding carboxylic acids is 3. The lowest BCUT2D eigenvalue weighted by atomic mass is 9.79. The van der Waals surface area contributed by atoms with Gasteiger partial charge >= 0.3 is 0 Å². The summed E-state index contributed by atoms with van der Waals surface area (Å²) in [6, 6.07) is 3.65. The van der Waals surface area contributed by atoms with Crippen LogP contribution in [0.2, 0.25) is 0 Å². The third-order valence-corrected chi connectivity index (χ3v) is 3.63. The molecule has 0 bridgehead atoms. The summed E-state index contributed by atoms with van der Waals surface area (Å²) in [4.78, 5) is 35.2. The molecule has 0 heterocycles. The maximum Gasteiger partial charge on any atom is 0.230 e. The second-order valence-electron chi connectivity index (χ2n) is 4.69. The molecule has 0 amide bonds. The normalized spacial score (nSPS) is 18.9. The van der Waals surface area contributed by atoms with Crippen LogP contribution < -0.4 is 0 Å². The molecule has 86 valence electrons. The lowest BCUT2D eigenvalue weighted by Crippen LogP contribution is -2.29. The smallest absolute Gasteiger partial charge is 0.230 e. The topological polar surface area (TPSA) is 51.2 Å². The van der Waals surface area contributed by atoms with Gasteiger partial charge in [-0.15, -0.1) is 0 Å². The Kier molecular flexibility index (Phi) is 2.21. The monoisotopic (exact) mass is 228 g/mol. The first-order valence-electron chi connectivity index (χ1n) is 5.94. The standard InChI is InChI=1S/C14H12O3/c15-11-7-12(16)14(17)13-9-4-2-1-3-8(9)5-6-10(11)13/h5-6H,1-4,7H2. The highest BCUT2D eigenvalue weighted by molar-refractivity contribution is 6.51. The van der Waals surface area contributed by atoms with Crippen molar-refractivity contribution in [1.82, 2.24) is 0 Å². The van der Waals surface area contributed by atoms with Crippen molar-refractivity contribution in [3.63, 3.8) is 0 Å². The van der Waals surface area contributed by atoms with Crippen LogP contribution in [0.15, 0.2) is 12.1 Å². The number of ketones is 3. The Labute approximate surface area is 98.8 Å². The molecule has 2 aliphatic carbocycles. The molecule has 0 aromatic heterocycles. The maximum atomic E-state index is 11.9. The Morgan fingerprint density at radius 1 is 0.882 bits per heavy atom. The van der Waals surface area contributed by atoms with E-state index in [4.69, 9.17) is 0 Å². The van der Waals surface area contributed by atoms with Gasteiger partial charge in [0.15, 0.2) is 5.78 Å². The van der Waals surface area contributed by atoms with Crippen LogP contribution in [0.25, 0.3) is 0 Å². The highest BCUT2D eigenvalue weighted by Crippen LogP contribution is 2.30. The molecule has 0 atom stereocenters. The van der Waals surface area contributed by atoms with Crippen molar-refractivity contribution in [2.24, 2.45) is 0 Å². The first-order chi connectivity index (χ1) is 8.18. The highest BCUT2D eigenvalue weighted by atomic mass is 16.2. The van der Waals surface area contributed by atoms with Crippen LogP contribution in [0.1, 0.15) is 51.1 Å². The van der Waals surface area contributed by atoms with E-state index in [1.807, 2.05) is 6.07 Å². The van der Waals surface area contributed by atoms with E-state index in [0.29, 0.717) is 11.1 Å². The van der Waals surface area contributed by atoms with Gasteiger partial charge in [0.05, 0.1) is 6.42 Å². The Hall–Kier alpha value is -1.77. The second-order valence-corrected chi connectivity index (χ2v) is 4.69. The van der Waals surface area contributed by atoms with E-state index < -0.39 is 11.6 Å². The van der Waals surface area contributed by atoms with Crippen LogP contribution in [-0.2, 0) is 17.6 Å². The van der Waals surface area contributed by atoms with Gasteiger partial charge in [-0.25, -0.2) is 0 Å². The SMILES string of the molecule is O=C1CC(=O)c2ccc3c(c2C1=O)CCCC3. The van der Waals surface area contributed by atoms with Crippen LogP contribution in [0.4, 0.5) is 0 Å². The number of hydrogen-bond donors (Lipinski definition) is 0. The second kappa shape index (κ2) is 3.62. The fourth-order valence-corrected chi connectivity index (χ4v) is 2.78. The van der Waals surface area contributed by atoms with Crippen molar-refractivity contribution < 1.29 is 14.4 Å². The Bertz CT molecular complexity index is 555. The van der Waals surface area contributed by atoms with Crippen LogP contribution in [-0.4, -0.2) is 17.3 Å². The molecule has 0 fully saturated rings. The number of rotatable bonds is 0. The molecule has 0 radical (unpaired) electrons. The summed E-state index contributed by atoms with van der Waals surface area (Å²) in [5.74, 6) is -1.22. The molecule has 17 heavy (non-hydrogen) atoms. The van der Waals surface area contributed by atoms with Gasteiger partial charge in [0.2, 0.25) is 11.6 Å². The quantitative estimate of drug-likeness (QED) is 0.503. The van der Waals surface area contributed by atoms with Crippen molar-refractivity contribution in [1.29, 1.82) is 0 Å². The molecule has 3 rings (SSSR count). The van der Waals surface area contributed by atoms with E-state index in [1.54, 1.807) is 6.07 Å². The van der Waals surface area contributed by atoms with Gasteiger partial charge in [0.1, 0.15) is 0 Å². The van der Waals surface area contributed by atoms with E-state index in [9.17, 15) is 14.4 Å². The lowest BCUT2D eigenvalue weighted by molar-refractivity contribution is -0.114. The van der Waals surface area contributed by atoms with Gasteiger partial charge in [-0.05, 0) is 36.8 Å². The average Bonchev–Trinajstić information content (AvgIpc) is 2.35.